The Morgan fingerprint density at radius 1 is 1.03 bits per heavy atom. The number of nitrogens with one attached hydrogen (secondary N) is 2. The Labute approximate surface area is 204 Å². The quantitative estimate of drug-likeness (QED) is 0.352. The lowest BCUT2D eigenvalue weighted by Crippen LogP contribution is -2.18. The molecule has 0 saturated heterocycles. The number of anilines is 1. The highest BCUT2D eigenvalue weighted by molar-refractivity contribution is 6.30. The highest BCUT2D eigenvalue weighted by Crippen LogP contribution is 2.26. The molecule has 1 aliphatic carbocycles. The van der Waals surface area contributed by atoms with Crippen molar-refractivity contribution in [2.75, 3.05) is 11.9 Å². The third-order valence-electron chi connectivity index (χ3n) is 6.07. The summed E-state index contributed by atoms with van der Waals surface area (Å²) in [4.78, 5) is 18.3. The van der Waals surface area contributed by atoms with Crippen LogP contribution >= 0.6 is 24.0 Å². The summed E-state index contributed by atoms with van der Waals surface area (Å²) in [5, 5.41) is 12.5. The minimum absolute atomic E-state index is 0. The third kappa shape index (κ3) is 5.78. The zero-order chi connectivity index (χ0) is 21.8. The SMILES string of the molecule is Cl.Clc1cccc(CCc2nccc(-c3[nH]nc4nc(NCC5CCCCC5)ncc34)n2)c1. The molecule has 33 heavy (non-hydrogen) atoms. The molecule has 9 heteroatoms. The summed E-state index contributed by atoms with van der Waals surface area (Å²) >= 11 is 6.09. The van der Waals surface area contributed by atoms with Gasteiger partial charge in [-0.1, -0.05) is 43.0 Å². The fourth-order valence-corrected chi connectivity index (χ4v) is 4.53. The fourth-order valence-electron chi connectivity index (χ4n) is 4.32. The van der Waals surface area contributed by atoms with Gasteiger partial charge in [-0.3, -0.25) is 5.10 Å². The molecule has 3 heterocycles. The summed E-state index contributed by atoms with van der Waals surface area (Å²) in [6.45, 7) is 0.921. The van der Waals surface area contributed by atoms with E-state index in [1.165, 1.54) is 37.7 Å². The molecule has 4 aromatic rings. The van der Waals surface area contributed by atoms with E-state index in [1.54, 1.807) is 6.20 Å². The molecule has 7 nitrogen and oxygen atoms in total. The molecule has 172 valence electrons. The summed E-state index contributed by atoms with van der Waals surface area (Å²) in [6.07, 6.45) is 11.7. The van der Waals surface area contributed by atoms with Gasteiger partial charge < -0.3 is 5.32 Å². The first-order chi connectivity index (χ1) is 15.7. The van der Waals surface area contributed by atoms with Gasteiger partial charge in [0, 0.05) is 30.4 Å². The van der Waals surface area contributed by atoms with Crippen molar-refractivity contribution in [1.82, 2.24) is 30.1 Å². The van der Waals surface area contributed by atoms with Gasteiger partial charge in [0.2, 0.25) is 5.95 Å². The number of rotatable bonds is 7. The molecule has 3 aromatic heterocycles. The van der Waals surface area contributed by atoms with E-state index in [0.29, 0.717) is 17.5 Å². The molecule has 0 atom stereocenters. The van der Waals surface area contributed by atoms with Gasteiger partial charge in [-0.25, -0.2) is 15.0 Å². The van der Waals surface area contributed by atoms with E-state index < -0.39 is 0 Å². The number of fused-ring (bicyclic) bond motifs is 1. The molecule has 0 amide bonds. The second-order valence-electron chi connectivity index (χ2n) is 8.40. The van der Waals surface area contributed by atoms with Crippen LogP contribution in [0.1, 0.15) is 43.5 Å². The Balaban J connectivity index is 0.00000259. The predicted octanol–water partition coefficient (Wildman–Crippen LogP) is 5.66. The molecule has 0 bridgehead atoms. The van der Waals surface area contributed by atoms with Crippen LogP contribution in [-0.4, -0.2) is 36.7 Å². The van der Waals surface area contributed by atoms with Crippen molar-refractivity contribution in [1.29, 1.82) is 0 Å². The van der Waals surface area contributed by atoms with Gasteiger partial charge in [0.15, 0.2) is 5.65 Å². The van der Waals surface area contributed by atoms with Crippen LogP contribution in [0.5, 0.6) is 0 Å². The van der Waals surface area contributed by atoms with Gasteiger partial charge in [0.05, 0.1) is 16.8 Å². The second kappa shape index (κ2) is 10.9. The topological polar surface area (TPSA) is 92.3 Å². The van der Waals surface area contributed by atoms with E-state index in [-0.39, 0.29) is 12.4 Å². The zero-order valence-corrected chi connectivity index (χ0v) is 19.9. The van der Waals surface area contributed by atoms with Crippen molar-refractivity contribution in [3.05, 3.63) is 59.1 Å². The first-order valence-electron chi connectivity index (χ1n) is 11.3. The number of nitrogens with zero attached hydrogens (tertiary/aromatic N) is 5. The third-order valence-corrected chi connectivity index (χ3v) is 6.31. The molecule has 5 rings (SSSR count). The van der Waals surface area contributed by atoms with Gasteiger partial charge >= 0.3 is 0 Å². The molecule has 0 unspecified atom stereocenters. The average Bonchev–Trinajstić information content (AvgIpc) is 3.26. The molecule has 0 radical (unpaired) electrons. The highest BCUT2D eigenvalue weighted by atomic mass is 35.5. The van der Waals surface area contributed by atoms with E-state index in [0.717, 1.165) is 47.0 Å². The number of hydrogen-bond acceptors (Lipinski definition) is 6. The first kappa shape index (κ1) is 23.4. The Morgan fingerprint density at radius 3 is 2.76 bits per heavy atom. The van der Waals surface area contributed by atoms with Gasteiger partial charge in [0.25, 0.3) is 0 Å². The molecule has 0 aliphatic heterocycles. The van der Waals surface area contributed by atoms with Crippen LogP contribution in [0.15, 0.2) is 42.7 Å². The van der Waals surface area contributed by atoms with Crippen LogP contribution in [0.25, 0.3) is 22.4 Å². The molecule has 1 saturated carbocycles. The van der Waals surface area contributed by atoms with Crippen LogP contribution in [0.2, 0.25) is 5.02 Å². The monoisotopic (exact) mass is 483 g/mol. The molecule has 1 aliphatic rings. The minimum Gasteiger partial charge on any atom is -0.354 e. The molecule has 1 fully saturated rings. The Bertz CT molecular complexity index is 1200. The maximum atomic E-state index is 6.09. The second-order valence-corrected chi connectivity index (χ2v) is 8.84. The first-order valence-corrected chi connectivity index (χ1v) is 11.6. The largest absolute Gasteiger partial charge is 0.354 e. The van der Waals surface area contributed by atoms with Crippen molar-refractivity contribution < 1.29 is 0 Å². The standard InChI is InChI=1S/C24H26ClN7.ClH/c25-18-8-4-7-16(13-18)9-10-21-26-12-11-20(29-21)22-19-15-28-24(30-23(19)32-31-22)27-14-17-5-2-1-3-6-17;/h4,7-8,11-13,15,17H,1-3,5-6,9-10,14H2,(H2,27,28,30,31,32);1H. The number of halogens is 2. The minimum atomic E-state index is 0. The van der Waals surface area contributed by atoms with E-state index in [2.05, 4.69) is 36.5 Å². The van der Waals surface area contributed by atoms with Crippen LogP contribution in [0, 0.1) is 5.92 Å². The molecule has 2 N–H and O–H groups in total. The van der Waals surface area contributed by atoms with E-state index in [4.69, 9.17) is 16.6 Å². The van der Waals surface area contributed by atoms with Crippen molar-refractivity contribution in [3.63, 3.8) is 0 Å². The lowest BCUT2D eigenvalue weighted by molar-refractivity contribution is 0.373. The summed E-state index contributed by atoms with van der Waals surface area (Å²) in [5.41, 5.74) is 3.40. The number of aromatic amines is 1. The normalized spacial score (nSPS) is 14.2. The lowest BCUT2D eigenvalue weighted by Gasteiger charge is -2.21. The molecule has 1 aromatic carbocycles. The van der Waals surface area contributed by atoms with Crippen LogP contribution in [0.3, 0.4) is 0 Å². The van der Waals surface area contributed by atoms with Gasteiger partial charge in [0.1, 0.15) is 5.82 Å². The van der Waals surface area contributed by atoms with Crippen LogP contribution in [0.4, 0.5) is 5.95 Å². The maximum Gasteiger partial charge on any atom is 0.224 e. The van der Waals surface area contributed by atoms with Gasteiger partial charge in [-0.05, 0) is 48.9 Å². The van der Waals surface area contributed by atoms with Crippen molar-refractivity contribution >= 4 is 41.0 Å². The number of aromatic nitrogens is 6. The van der Waals surface area contributed by atoms with Gasteiger partial charge in [-0.15, -0.1) is 12.4 Å². The predicted molar refractivity (Wildman–Crippen MR) is 134 cm³/mol. The number of H-pyrrole nitrogens is 1. The Hall–Kier alpha value is -2.77. The van der Waals surface area contributed by atoms with E-state index >= 15 is 0 Å². The van der Waals surface area contributed by atoms with E-state index in [9.17, 15) is 0 Å². The summed E-state index contributed by atoms with van der Waals surface area (Å²) < 4.78 is 0. The van der Waals surface area contributed by atoms with Gasteiger partial charge in [-0.2, -0.15) is 10.1 Å². The fraction of sp³-hybridized carbons (Fsp3) is 0.375. The Morgan fingerprint density at radius 2 is 1.91 bits per heavy atom. The number of benzene rings is 1. The summed E-state index contributed by atoms with van der Waals surface area (Å²) in [7, 11) is 0. The highest BCUT2D eigenvalue weighted by Gasteiger charge is 2.15. The number of hydrogen-bond donors (Lipinski definition) is 2. The van der Waals surface area contributed by atoms with Crippen molar-refractivity contribution in [3.8, 4) is 11.4 Å². The zero-order valence-electron chi connectivity index (χ0n) is 18.3. The van der Waals surface area contributed by atoms with Crippen molar-refractivity contribution in [2.45, 2.75) is 44.9 Å². The number of aryl methyl sites for hydroxylation is 2. The molecular weight excluding hydrogens is 457 g/mol. The van der Waals surface area contributed by atoms with Crippen LogP contribution < -0.4 is 5.32 Å². The maximum absolute atomic E-state index is 6.09. The summed E-state index contributed by atoms with van der Waals surface area (Å²) in [5.74, 6) is 2.12. The average molecular weight is 484 g/mol. The van der Waals surface area contributed by atoms with Crippen molar-refractivity contribution in [2.24, 2.45) is 5.92 Å². The smallest absolute Gasteiger partial charge is 0.224 e. The lowest BCUT2D eigenvalue weighted by atomic mass is 9.89. The summed E-state index contributed by atoms with van der Waals surface area (Å²) in [6, 6.07) is 9.76. The van der Waals surface area contributed by atoms with E-state index in [1.807, 2.05) is 30.5 Å². The van der Waals surface area contributed by atoms with Crippen LogP contribution in [-0.2, 0) is 12.8 Å². The molecular formula is C24H27Cl2N7. The molecule has 0 spiro atoms. The Kier molecular flexibility index (Phi) is 7.73.